The molecule has 1 heterocycles. The number of benzene rings is 2. The fourth-order valence-electron chi connectivity index (χ4n) is 2.01. The second-order valence-corrected chi connectivity index (χ2v) is 5.97. The lowest BCUT2D eigenvalue weighted by molar-refractivity contribution is 0.965. The van der Waals surface area contributed by atoms with Crippen molar-refractivity contribution in [3.05, 3.63) is 70.7 Å². The summed E-state index contributed by atoms with van der Waals surface area (Å²) in [5.74, 6) is 0.320. The van der Waals surface area contributed by atoms with E-state index in [9.17, 15) is 0 Å². The van der Waals surface area contributed by atoms with Crippen molar-refractivity contribution >= 4 is 29.3 Å². The van der Waals surface area contributed by atoms with Gasteiger partial charge in [0.1, 0.15) is 0 Å². The molecule has 0 spiro atoms. The maximum absolute atomic E-state index is 5.97. The van der Waals surface area contributed by atoms with Crippen LogP contribution in [0.4, 0.5) is 5.95 Å². The Morgan fingerprint density at radius 2 is 1.67 bits per heavy atom. The topological polar surface area (TPSA) is 67.6 Å². The van der Waals surface area contributed by atoms with Crippen molar-refractivity contribution in [2.24, 2.45) is 0 Å². The quantitative estimate of drug-likeness (QED) is 0.716. The summed E-state index contributed by atoms with van der Waals surface area (Å²) in [6, 6.07) is 18.0. The van der Waals surface area contributed by atoms with Crippen molar-refractivity contribution in [2.75, 3.05) is 5.73 Å². The van der Waals surface area contributed by atoms with Gasteiger partial charge in [0.05, 0.1) is 5.25 Å². The highest BCUT2D eigenvalue weighted by Gasteiger charge is 2.18. The summed E-state index contributed by atoms with van der Waals surface area (Å²) in [7, 11) is 0. The fraction of sp³-hybridized carbons (Fsp3) is 0.0667. The van der Waals surface area contributed by atoms with Crippen LogP contribution in [0.1, 0.15) is 16.4 Å². The van der Waals surface area contributed by atoms with Crippen LogP contribution in [-0.2, 0) is 0 Å². The molecule has 3 N–H and O–H groups in total. The molecule has 0 aliphatic heterocycles. The van der Waals surface area contributed by atoms with Gasteiger partial charge in [-0.15, -0.1) is 5.10 Å². The van der Waals surface area contributed by atoms with Crippen LogP contribution in [0.3, 0.4) is 0 Å². The second kappa shape index (κ2) is 6.20. The maximum Gasteiger partial charge on any atom is 0.216 e. The average molecular weight is 317 g/mol. The van der Waals surface area contributed by atoms with Crippen LogP contribution >= 0.6 is 23.4 Å². The lowest BCUT2D eigenvalue weighted by Crippen LogP contribution is -1.97. The summed E-state index contributed by atoms with van der Waals surface area (Å²) in [5.41, 5.74) is 7.90. The summed E-state index contributed by atoms with van der Waals surface area (Å²) in [6.07, 6.45) is 0. The van der Waals surface area contributed by atoms with E-state index in [2.05, 4.69) is 27.3 Å². The Balaban J connectivity index is 1.96. The number of anilines is 1. The number of thioether (sulfide) groups is 1. The summed E-state index contributed by atoms with van der Waals surface area (Å²) in [5, 5.41) is 8.18. The molecule has 1 aromatic heterocycles. The van der Waals surface area contributed by atoms with Crippen LogP contribution in [0.5, 0.6) is 0 Å². The number of aromatic nitrogens is 3. The predicted molar refractivity (Wildman–Crippen MR) is 86.4 cm³/mol. The molecule has 0 bridgehead atoms. The summed E-state index contributed by atoms with van der Waals surface area (Å²) >= 11 is 7.52. The number of rotatable bonds is 4. The van der Waals surface area contributed by atoms with Crippen LogP contribution in [-0.4, -0.2) is 15.2 Å². The third-order valence-corrected chi connectivity index (χ3v) is 4.41. The Hall–Kier alpha value is -1.98. The third kappa shape index (κ3) is 3.37. The van der Waals surface area contributed by atoms with Gasteiger partial charge >= 0.3 is 0 Å². The van der Waals surface area contributed by atoms with Gasteiger partial charge in [-0.25, -0.2) is 5.10 Å². The van der Waals surface area contributed by atoms with E-state index in [0.717, 1.165) is 10.6 Å². The molecule has 0 saturated carbocycles. The van der Waals surface area contributed by atoms with E-state index < -0.39 is 0 Å². The Bertz CT molecular complexity index is 712. The zero-order valence-electron chi connectivity index (χ0n) is 11.0. The SMILES string of the molecule is Nc1nc(S[C@H](c2ccccc2)c2ccc(Cl)cc2)n[nH]1. The van der Waals surface area contributed by atoms with Crippen LogP contribution in [0.25, 0.3) is 0 Å². The van der Waals surface area contributed by atoms with Crippen molar-refractivity contribution in [1.82, 2.24) is 15.2 Å². The minimum Gasteiger partial charge on any atom is -0.368 e. The number of hydrogen-bond acceptors (Lipinski definition) is 4. The van der Waals surface area contributed by atoms with Gasteiger partial charge in [-0.2, -0.15) is 4.98 Å². The van der Waals surface area contributed by atoms with Crippen molar-refractivity contribution in [3.63, 3.8) is 0 Å². The van der Waals surface area contributed by atoms with Gasteiger partial charge in [0.25, 0.3) is 0 Å². The maximum atomic E-state index is 5.97. The molecule has 0 unspecified atom stereocenters. The van der Waals surface area contributed by atoms with Crippen molar-refractivity contribution in [3.8, 4) is 0 Å². The highest BCUT2D eigenvalue weighted by atomic mass is 35.5. The monoisotopic (exact) mass is 316 g/mol. The Morgan fingerprint density at radius 3 is 2.29 bits per heavy atom. The third-order valence-electron chi connectivity index (χ3n) is 2.98. The number of nitrogens with zero attached hydrogens (tertiary/aromatic N) is 2. The van der Waals surface area contributed by atoms with Gasteiger partial charge in [0, 0.05) is 5.02 Å². The molecule has 0 aliphatic carbocycles. The fourth-order valence-corrected chi connectivity index (χ4v) is 3.18. The smallest absolute Gasteiger partial charge is 0.216 e. The molecule has 0 saturated heterocycles. The molecule has 106 valence electrons. The molecular weight excluding hydrogens is 304 g/mol. The van der Waals surface area contributed by atoms with E-state index in [4.69, 9.17) is 17.3 Å². The van der Waals surface area contributed by atoms with E-state index in [1.165, 1.54) is 5.56 Å². The minimum atomic E-state index is 0.0821. The first-order valence-electron chi connectivity index (χ1n) is 6.37. The van der Waals surface area contributed by atoms with Gasteiger partial charge in [-0.05, 0) is 23.3 Å². The molecule has 0 aliphatic rings. The van der Waals surface area contributed by atoms with Crippen molar-refractivity contribution < 1.29 is 0 Å². The molecule has 3 rings (SSSR count). The van der Waals surface area contributed by atoms with Crippen LogP contribution in [0, 0.1) is 0 Å². The van der Waals surface area contributed by atoms with Gasteiger partial charge < -0.3 is 5.73 Å². The highest BCUT2D eigenvalue weighted by Crippen LogP contribution is 2.39. The van der Waals surface area contributed by atoms with Crippen LogP contribution in [0.15, 0.2) is 59.8 Å². The lowest BCUT2D eigenvalue weighted by atomic mass is 10.0. The van der Waals surface area contributed by atoms with Crippen LogP contribution in [0.2, 0.25) is 5.02 Å². The average Bonchev–Trinajstić information content (AvgIpc) is 2.92. The first kappa shape index (κ1) is 14.0. The molecule has 1 atom stereocenters. The molecular formula is C15H13ClN4S. The van der Waals surface area contributed by atoms with E-state index in [1.54, 1.807) is 11.8 Å². The molecule has 2 aromatic carbocycles. The largest absolute Gasteiger partial charge is 0.368 e. The molecule has 21 heavy (non-hydrogen) atoms. The number of nitrogens with two attached hydrogens (primary N) is 1. The van der Waals surface area contributed by atoms with Gasteiger partial charge in [-0.1, -0.05) is 65.8 Å². The van der Waals surface area contributed by atoms with E-state index in [0.29, 0.717) is 11.1 Å². The number of nitrogens with one attached hydrogen (secondary N) is 1. The molecule has 3 aromatic rings. The highest BCUT2D eigenvalue weighted by molar-refractivity contribution is 7.99. The summed E-state index contributed by atoms with van der Waals surface area (Å²) in [6.45, 7) is 0. The number of nitrogen functional groups attached to an aromatic ring is 1. The van der Waals surface area contributed by atoms with Crippen LogP contribution < -0.4 is 5.73 Å². The zero-order valence-corrected chi connectivity index (χ0v) is 12.6. The normalized spacial score (nSPS) is 12.2. The molecule has 0 radical (unpaired) electrons. The minimum absolute atomic E-state index is 0.0821. The Morgan fingerprint density at radius 1 is 1.00 bits per heavy atom. The molecule has 0 fully saturated rings. The van der Waals surface area contributed by atoms with Gasteiger partial charge in [0.15, 0.2) is 0 Å². The van der Waals surface area contributed by atoms with Gasteiger partial charge in [0.2, 0.25) is 11.1 Å². The predicted octanol–water partition coefficient (Wildman–Crippen LogP) is 3.92. The first-order valence-corrected chi connectivity index (χ1v) is 7.63. The van der Waals surface area contributed by atoms with Crippen molar-refractivity contribution in [2.45, 2.75) is 10.4 Å². The lowest BCUT2D eigenvalue weighted by Gasteiger charge is -2.16. The zero-order chi connectivity index (χ0) is 14.7. The number of aromatic amines is 1. The first-order chi connectivity index (χ1) is 10.2. The second-order valence-electron chi connectivity index (χ2n) is 4.46. The number of halogens is 1. The standard InChI is InChI=1S/C15H13ClN4S/c16-12-8-6-11(7-9-12)13(10-4-2-1-3-5-10)21-15-18-14(17)19-20-15/h1-9,13H,(H3,17,18,19,20)/t13-/m1/s1. The summed E-state index contributed by atoms with van der Waals surface area (Å²) in [4.78, 5) is 4.17. The van der Waals surface area contributed by atoms with Crippen molar-refractivity contribution in [1.29, 1.82) is 0 Å². The van der Waals surface area contributed by atoms with E-state index in [1.807, 2.05) is 42.5 Å². The Labute approximate surface area is 131 Å². The van der Waals surface area contributed by atoms with E-state index >= 15 is 0 Å². The molecule has 4 nitrogen and oxygen atoms in total. The number of hydrogen-bond donors (Lipinski definition) is 2. The number of H-pyrrole nitrogens is 1. The Kier molecular flexibility index (Phi) is 4.13. The van der Waals surface area contributed by atoms with E-state index in [-0.39, 0.29) is 5.25 Å². The summed E-state index contributed by atoms with van der Waals surface area (Å²) < 4.78 is 0. The molecule has 0 amide bonds. The molecule has 6 heteroatoms. The van der Waals surface area contributed by atoms with Gasteiger partial charge in [-0.3, -0.25) is 0 Å².